The van der Waals surface area contributed by atoms with Crippen LogP contribution in [0.5, 0.6) is 0 Å². The van der Waals surface area contributed by atoms with Gasteiger partial charge in [-0.3, -0.25) is 4.79 Å². The van der Waals surface area contributed by atoms with Gasteiger partial charge >= 0.3 is 5.97 Å². The third kappa shape index (κ3) is 3.04. The van der Waals surface area contributed by atoms with E-state index in [-0.39, 0.29) is 5.91 Å². The van der Waals surface area contributed by atoms with Crippen molar-refractivity contribution >= 4 is 23.6 Å². The van der Waals surface area contributed by atoms with E-state index in [2.05, 4.69) is 5.16 Å². The van der Waals surface area contributed by atoms with Gasteiger partial charge in [0.2, 0.25) is 5.91 Å². The molecular weight excluding hydrogens is 280 g/mol. The van der Waals surface area contributed by atoms with E-state index in [0.717, 1.165) is 11.3 Å². The number of amides is 1. The second kappa shape index (κ2) is 6.13. The maximum atomic E-state index is 11.9. The molecule has 1 amide bonds. The van der Waals surface area contributed by atoms with Gasteiger partial charge in [0, 0.05) is 5.56 Å². The first-order valence-corrected chi connectivity index (χ1v) is 7.24. The summed E-state index contributed by atoms with van der Waals surface area (Å²) in [5.74, 6) is 0.538. The first-order chi connectivity index (χ1) is 9.52. The molecule has 1 aliphatic heterocycles. The lowest BCUT2D eigenvalue weighted by Gasteiger charge is -2.16. The Morgan fingerprint density at radius 3 is 2.90 bits per heavy atom. The topological polar surface area (TPSA) is 72.6 Å². The fraction of sp³-hybridized carbons (Fsp3) is 0.462. The van der Waals surface area contributed by atoms with Crippen LogP contribution in [0.3, 0.4) is 0 Å². The van der Waals surface area contributed by atoms with Crippen LogP contribution >= 0.6 is 11.8 Å². The number of ether oxygens (including phenoxy) is 1. The van der Waals surface area contributed by atoms with E-state index in [0.29, 0.717) is 29.7 Å². The smallest absolute Gasteiger partial charge is 0.333 e. The van der Waals surface area contributed by atoms with E-state index in [1.54, 1.807) is 18.7 Å². The van der Waals surface area contributed by atoms with Gasteiger partial charge in [0.05, 0.1) is 35.7 Å². The number of carbonyl (C=O) groups excluding carboxylic acids is 2. The second-order valence-electron chi connectivity index (χ2n) is 4.31. The third-order valence-corrected chi connectivity index (χ3v) is 3.96. The van der Waals surface area contributed by atoms with Crippen LogP contribution in [0, 0.1) is 13.8 Å². The number of thioether (sulfide) groups is 1. The Bertz CT molecular complexity index is 545. The molecule has 1 aliphatic rings. The molecule has 0 saturated carbocycles. The number of carbonyl (C=O) groups is 2. The Balaban J connectivity index is 2.19. The molecule has 0 bridgehead atoms. The highest BCUT2D eigenvalue weighted by atomic mass is 32.2. The zero-order valence-corrected chi connectivity index (χ0v) is 12.5. The van der Waals surface area contributed by atoms with E-state index in [1.165, 1.54) is 17.8 Å². The lowest BCUT2D eigenvalue weighted by atomic mass is 10.2. The summed E-state index contributed by atoms with van der Waals surface area (Å²) in [5.41, 5.74) is 1.62. The molecular formula is C13H16N2O4S. The van der Waals surface area contributed by atoms with Crippen LogP contribution in [0.15, 0.2) is 15.6 Å². The van der Waals surface area contributed by atoms with Crippen molar-refractivity contribution in [3.63, 3.8) is 0 Å². The standard InChI is InChI=1S/C13H16N2O4S/c1-4-18-13(17)5-12-15(11(16)7-20-12)6-10-8(2)14-19-9(10)3/h5H,4,6-7H2,1-3H3/b12-5-. The number of aryl methyl sites for hydroxylation is 2. The van der Waals surface area contributed by atoms with E-state index >= 15 is 0 Å². The van der Waals surface area contributed by atoms with Gasteiger partial charge < -0.3 is 14.2 Å². The zero-order valence-electron chi connectivity index (χ0n) is 11.6. The Kier molecular flexibility index (Phi) is 4.49. The summed E-state index contributed by atoms with van der Waals surface area (Å²) in [4.78, 5) is 25.0. The van der Waals surface area contributed by atoms with Crippen molar-refractivity contribution in [3.8, 4) is 0 Å². The van der Waals surface area contributed by atoms with Crippen molar-refractivity contribution in [2.45, 2.75) is 27.3 Å². The van der Waals surface area contributed by atoms with Crippen molar-refractivity contribution < 1.29 is 18.8 Å². The number of rotatable bonds is 4. The van der Waals surface area contributed by atoms with Crippen LogP contribution in [-0.2, 0) is 20.9 Å². The van der Waals surface area contributed by atoms with Crippen LogP contribution in [0.4, 0.5) is 0 Å². The van der Waals surface area contributed by atoms with Gasteiger partial charge in [0.1, 0.15) is 5.76 Å². The minimum Gasteiger partial charge on any atom is -0.463 e. The van der Waals surface area contributed by atoms with Crippen molar-refractivity contribution in [1.82, 2.24) is 10.1 Å². The normalized spacial score (nSPS) is 17.1. The summed E-state index contributed by atoms with van der Waals surface area (Å²) in [7, 11) is 0. The van der Waals surface area contributed by atoms with Crippen LogP contribution in [0.25, 0.3) is 0 Å². The lowest BCUT2D eigenvalue weighted by Crippen LogP contribution is -2.25. The van der Waals surface area contributed by atoms with Crippen LogP contribution < -0.4 is 0 Å². The fourth-order valence-corrected chi connectivity index (χ4v) is 2.80. The van der Waals surface area contributed by atoms with Crippen LogP contribution in [0.2, 0.25) is 0 Å². The maximum Gasteiger partial charge on any atom is 0.333 e. The van der Waals surface area contributed by atoms with Gasteiger partial charge in [-0.15, -0.1) is 0 Å². The molecule has 7 heteroatoms. The molecule has 0 aromatic carbocycles. The van der Waals surface area contributed by atoms with Gasteiger partial charge in [-0.05, 0) is 20.8 Å². The highest BCUT2D eigenvalue weighted by Crippen LogP contribution is 2.31. The first kappa shape index (κ1) is 14.6. The number of hydrogen-bond donors (Lipinski definition) is 0. The summed E-state index contributed by atoms with van der Waals surface area (Å²) in [6.07, 6.45) is 1.36. The molecule has 108 valence electrons. The van der Waals surface area contributed by atoms with Crippen molar-refractivity contribution in [1.29, 1.82) is 0 Å². The van der Waals surface area contributed by atoms with Gasteiger partial charge in [-0.1, -0.05) is 16.9 Å². The molecule has 6 nitrogen and oxygen atoms in total. The SMILES string of the molecule is CCOC(=O)/C=C1\SCC(=O)N1Cc1c(C)noc1C. The van der Waals surface area contributed by atoms with Crippen molar-refractivity contribution in [2.75, 3.05) is 12.4 Å². The highest BCUT2D eigenvalue weighted by molar-refractivity contribution is 8.04. The Morgan fingerprint density at radius 1 is 1.55 bits per heavy atom. The molecule has 2 rings (SSSR count). The van der Waals surface area contributed by atoms with Gasteiger partial charge in [-0.2, -0.15) is 0 Å². The molecule has 20 heavy (non-hydrogen) atoms. The molecule has 0 radical (unpaired) electrons. The largest absolute Gasteiger partial charge is 0.463 e. The highest BCUT2D eigenvalue weighted by Gasteiger charge is 2.29. The summed E-state index contributed by atoms with van der Waals surface area (Å²) in [5, 5.41) is 4.47. The molecule has 1 aromatic heterocycles. The summed E-state index contributed by atoms with van der Waals surface area (Å²) in [6, 6.07) is 0. The third-order valence-electron chi connectivity index (χ3n) is 2.94. The summed E-state index contributed by atoms with van der Waals surface area (Å²) >= 11 is 1.33. The zero-order chi connectivity index (χ0) is 14.7. The Morgan fingerprint density at radius 2 is 2.30 bits per heavy atom. The molecule has 1 saturated heterocycles. The number of esters is 1. The number of nitrogens with zero attached hydrogens (tertiary/aromatic N) is 2. The Hall–Kier alpha value is -1.76. The van der Waals surface area contributed by atoms with Gasteiger partial charge in [0.25, 0.3) is 0 Å². The van der Waals surface area contributed by atoms with E-state index in [9.17, 15) is 9.59 Å². The Labute approximate surface area is 121 Å². The maximum absolute atomic E-state index is 11.9. The van der Waals surface area contributed by atoms with E-state index < -0.39 is 5.97 Å². The predicted molar refractivity (Wildman–Crippen MR) is 73.7 cm³/mol. The molecule has 0 N–H and O–H groups in total. The average molecular weight is 296 g/mol. The minimum absolute atomic E-state index is 0.0365. The van der Waals surface area contributed by atoms with E-state index in [1.807, 2.05) is 6.92 Å². The molecule has 0 aliphatic carbocycles. The van der Waals surface area contributed by atoms with Crippen LogP contribution in [0.1, 0.15) is 23.9 Å². The predicted octanol–water partition coefficient (Wildman–Crippen LogP) is 1.77. The first-order valence-electron chi connectivity index (χ1n) is 6.26. The van der Waals surface area contributed by atoms with Gasteiger partial charge in [0.15, 0.2) is 0 Å². The molecule has 2 heterocycles. The number of hydrogen-bond acceptors (Lipinski definition) is 6. The fourth-order valence-electron chi connectivity index (χ4n) is 1.87. The van der Waals surface area contributed by atoms with Crippen molar-refractivity contribution in [3.05, 3.63) is 28.1 Å². The van der Waals surface area contributed by atoms with Gasteiger partial charge in [-0.25, -0.2) is 4.79 Å². The van der Waals surface area contributed by atoms with E-state index in [4.69, 9.17) is 9.26 Å². The molecule has 1 fully saturated rings. The summed E-state index contributed by atoms with van der Waals surface area (Å²) in [6.45, 7) is 6.04. The minimum atomic E-state index is -0.437. The molecule has 1 aromatic rings. The average Bonchev–Trinajstić information content (AvgIpc) is 2.89. The monoisotopic (exact) mass is 296 g/mol. The molecule has 0 unspecified atom stereocenters. The lowest BCUT2D eigenvalue weighted by molar-refractivity contribution is -0.137. The quantitative estimate of drug-likeness (QED) is 0.623. The van der Waals surface area contributed by atoms with Crippen LogP contribution in [-0.4, -0.2) is 34.3 Å². The van der Waals surface area contributed by atoms with Crippen molar-refractivity contribution in [2.24, 2.45) is 0 Å². The second-order valence-corrected chi connectivity index (χ2v) is 5.30. The number of aromatic nitrogens is 1. The molecule has 0 atom stereocenters. The summed E-state index contributed by atoms with van der Waals surface area (Å²) < 4.78 is 9.96. The molecule has 0 spiro atoms.